The minimum absolute atomic E-state index is 0.146. The van der Waals surface area contributed by atoms with Crippen molar-refractivity contribution >= 4 is 63.6 Å². The number of hydrogen-bond acceptors (Lipinski definition) is 5. The summed E-state index contributed by atoms with van der Waals surface area (Å²) in [5.74, 6) is 1.17. The lowest BCUT2D eigenvalue weighted by atomic mass is 10.2. The maximum Gasteiger partial charge on any atom is 0.259 e. The first-order valence-electron chi connectivity index (χ1n) is 6.14. The fraction of sp³-hybridized carbons (Fsp3) is 0.0714. The van der Waals surface area contributed by atoms with E-state index < -0.39 is 0 Å². The largest absolute Gasteiger partial charge is 0.455 e. The topological polar surface area (TPSA) is 45.8 Å². The lowest BCUT2D eigenvalue weighted by molar-refractivity contribution is -0.123. The van der Waals surface area contributed by atoms with Crippen molar-refractivity contribution in [2.75, 3.05) is 5.75 Å². The van der Waals surface area contributed by atoms with E-state index in [4.69, 9.17) is 39.8 Å². The maximum atomic E-state index is 11.6. The van der Waals surface area contributed by atoms with Crippen molar-refractivity contribution in [3.63, 3.8) is 0 Å². The highest BCUT2D eigenvalue weighted by Crippen LogP contribution is 2.35. The second kappa shape index (κ2) is 6.42. The maximum absolute atomic E-state index is 11.6. The number of benzene rings is 1. The molecule has 2 heterocycles. The van der Waals surface area contributed by atoms with E-state index in [1.165, 1.54) is 23.0 Å². The van der Waals surface area contributed by atoms with E-state index in [1.807, 2.05) is 0 Å². The van der Waals surface area contributed by atoms with Crippen LogP contribution in [0.4, 0.5) is 0 Å². The summed E-state index contributed by atoms with van der Waals surface area (Å²) >= 11 is 18.6. The molecule has 0 radical (unpaired) electrons. The van der Waals surface area contributed by atoms with E-state index in [-0.39, 0.29) is 5.91 Å². The zero-order valence-electron chi connectivity index (χ0n) is 11.0. The van der Waals surface area contributed by atoms with E-state index in [1.54, 1.807) is 30.3 Å². The van der Waals surface area contributed by atoms with Crippen LogP contribution < -0.4 is 0 Å². The summed E-state index contributed by atoms with van der Waals surface area (Å²) in [6.07, 6.45) is 1.43. The third-order valence-corrected chi connectivity index (χ3v) is 4.83. The van der Waals surface area contributed by atoms with E-state index in [2.05, 4.69) is 5.10 Å². The second-order valence-corrected chi connectivity index (χ2v) is 6.73. The number of rotatable bonds is 3. The first kappa shape index (κ1) is 15.6. The van der Waals surface area contributed by atoms with Gasteiger partial charge in [0.1, 0.15) is 11.5 Å². The molecule has 0 unspecified atom stereocenters. The molecule has 1 aliphatic rings. The summed E-state index contributed by atoms with van der Waals surface area (Å²) in [6.45, 7) is 0. The summed E-state index contributed by atoms with van der Waals surface area (Å²) in [6, 6.07) is 8.69. The van der Waals surface area contributed by atoms with Gasteiger partial charge in [-0.3, -0.25) is 4.79 Å². The number of thioether (sulfide) groups is 1. The number of hydrazone groups is 1. The molecule has 0 spiro atoms. The lowest BCUT2D eigenvalue weighted by Gasteiger charge is -2.05. The standard InChI is InChI=1S/C14H8Cl2N2O2S2/c15-9-2-1-3-10(16)13(9)11-5-4-8(20-11)6-17-18-12(19)7-22-14(18)21/h1-6H,7H2. The van der Waals surface area contributed by atoms with Crippen LogP contribution >= 0.6 is 47.2 Å². The molecule has 1 aromatic heterocycles. The highest BCUT2D eigenvalue weighted by Gasteiger charge is 2.26. The normalized spacial score (nSPS) is 15.3. The molecule has 22 heavy (non-hydrogen) atoms. The smallest absolute Gasteiger partial charge is 0.259 e. The van der Waals surface area contributed by atoms with Gasteiger partial charge in [-0.2, -0.15) is 10.1 Å². The van der Waals surface area contributed by atoms with Gasteiger partial charge in [-0.05, 0) is 24.3 Å². The minimum atomic E-state index is -0.146. The zero-order valence-corrected chi connectivity index (χ0v) is 14.1. The Labute approximate surface area is 146 Å². The molecular weight excluding hydrogens is 363 g/mol. The lowest BCUT2D eigenvalue weighted by Crippen LogP contribution is -2.22. The predicted molar refractivity (Wildman–Crippen MR) is 93.7 cm³/mol. The predicted octanol–water partition coefficient (Wildman–Crippen LogP) is 4.45. The molecule has 0 atom stereocenters. The molecule has 1 amide bonds. The Balaban J connectivity index is 1.85. The van der Waals surface area contributed by atoms with Crippen molar-refractivity contribution in [3.05, 3.63) is 46.1 Å². The number of thiocarbonyl (C=S) groups is 1. The van der Waals surface area contributed by atoms with E-state index in [0.29, 0.717) is 37.2 Å². The van der Waals surface area contributed by atoms with Crippen LogP contribution in [-0.4, -0.2) is 27.2 Å². The van der Waals surface area contributed by atoms with Gasteiger partial charge < -0.3 is 4.42 Å². The van der Waals surface area contributed by atoms with E-state index in [0.717, 1.165) is 0 Å². The van der Waals surface area contributed by atoms with E-state index >= 15 is 0 Å². The van der Waals surface area contributed by atoms with Gasteiger partial charge in [-0.1, -0.05) is 53.2 Å². The molecule has 0 bridgehead atoms. The van der Waals surface area contributed by atoms with Gasteiger partial charge >= 0.3 is 0 Å². The Morgan fingerprint density at radius 1 is 1.27 bits per heavy atom. The van der Waals surface area contributed by atoms with Gasteiger partial charge in [0.25, 0.3) is 5.91 Å². The Hall–Kier alpha value is -1.34. The number of furan rings is 1. The summed E-state index contributed by atoms with van der Waals surface area (Å²) < 4.78 is 6.09. The number of carbonyl (C=O) groups is 1. The summed E-state index contributed by atoms with van der Waals surface area (Å²) in [4.78, 5) is 11.6. The third-order valence-electron chi connectivity index (χ3n) is 2.86. The SMILES string of the molecule is O=C1CSC(=S)N1N=Cc1ccc(-c2c(Cl)cccc2Cl)o1. The van der Waals surface area contributed by atoms with Crippen molar-refractivity contribution in [1.82, 2.24) is 5.01 Å². The van der Waals surface area contributed by atoms with Crippen LogP contribution in [0.1, 0.15) is 5.76 Å². The van der Waals surface area contributed by atoms with Crippen LogP contribution in [0.15, 0.2) is 39.9 Å². The molecule has 0 saturated carbocycles. The molecule has 1 aromatic carbocycles. The Kier molecular flexibility index (Phi) is 4.54. The van der Waals surface area contributed by atoms with Gasteiger partial charge in [-0.25, -0.2) is 0 Å². The third kappa shape index (κ3) is 3.05. The number of nitrogens with zero attached hydrogens (tertiary/aromatic N) is 2. The molecule has 1 saturated heterocycles. The fourth-order valence-corrected chi connectivity index (χ4v) is 3.41. The van der Waals surface area contributed by atoms with Crippen molar-refractivity contribution in [2.24, 2.45) is 5.10 Å². The molecule has 3 rings (SSSR count). The summed E-state index contributed by atoms with van der Waals surface area (Å²) in [5, 5.41) is 6.23. The molecule has 112 valence electrons. The van der Waals surface area contributed by atoms with Gasteiger partial charge in [0, 0.05) is 0 Å². The molecule has 1 fully saturated rings. The summed E-state index contributed by atoms with van der Waals surface area (Å²) in [7, 11) is 0. The molecule has 0 N–H and O–H groups in total. The highest BCUT2D eigenvalue weighted by atomic mass is 35.5. The number of halogens is 2. The fourth-order valence-electron chi connectivity index (χ4n) is 1.86. The molecule has 1 aliphatic heterocycles. The Morgan fingerprint density at radius 3 is 2.64 bits per heavy atom. The first-order valence-corrected chi connectivity index (χ1v) is 8.29. The Bertz CT molecular complexity index is 753. The van der Waals surface area contributed by atoms with Crippen LogP contribution in [-0.2, 0) is 4.79 Å². The van der Waals surface area contributed by atoms with Crippen molar-refractivity contribution in [3.8, 4) is 11.3 Å². The second-order valence-electron chi connectivity index (χ2n) is 4.30. The van der Waals surface area contributed by atoms with Crippen molar-refractivity contribution in [1.29, 1.82) is 0 Å². The quantitative estimate of drug-likeness (QED) is 0.591. The number of hydrogen-bond donors (Lipinski definition) is 0. The molecule has 2 aromatic rings. The van der Waals surface area contributed by atoms with Crippen LogP contribution in [0.2, 0.25) is 10.0 Å². The monoisotopic (exact) mass is 370 g/mol. The first-order chi connectivity index (χ1) is 10.6. The van der Waals surface area contributed by atoms with Crippen molar-refractivity contribution in [2.45, 2.75) is 0 Å². The minimum Gasteiger partial charge on any atom is -0.455 e. The molecule has 0 aliphatic carbocycles. The average molecular weight is 371 g/mol. The number of carbonyl (C=O) groups excluding carboxylic acids is 1. The molecule has 8 heteroatoms. The Morgan fingerprint density at radius 2 is 2.00 bits per heavy atom. The van der Waals surface area contributed by atoms with Crippen molar-refractivity contribution < 1.29 is 9.21 Å². The molecular formula is C14H8Cl2N2O2S2. The van der Waals surface area contributed by atoms with Crippen LogP contribution in [0.3, 0.4) is 0 Å². The highest BCUT2D eigenvalue weighted by molar-refractivity contribution is 8.23. The van der Waals surface area contributed by atoms with Gasteiger partial charge in [0.05, 0.1) is 27.6 Å². The van der Waals surface area contributed by atoms with Gasteiger partial charge in [-0.15, -0.1) is 0 Å². The zero-order chi connectivity index (χ0) is 15.7. The molecule has 4 nitrogen and oxygen atoms in total. The van der Waals surface area contributed by atoms with Crippen LogP contribution in [0, 0.1) is 0 Å². The van der Waals surface area contributed by atoms with Gasteiger partial charge in [0.15, 0.2) is 4.32 Å². The summed E-state index contributed by atoms with van der Waals surface area (Å²) in [5.41, 5.74) is 0.619. The van der Waals surface area contributed by atoms with Gasteiger partial charge in [0.2, 0.25) is 0 Å². The van der Waals surface area contributed by atoms with Crippen LogP contribution in [0.5, 0.6) is 0 Å². The van der Waals surface area contributed by atoms with E-state index in [9.17, 15) is 4.79 Å². The number of amides is 1. The average Bonchev–Trinajstić information content (AvgIpc) is 3.05. The van der Waals surface area contributed by atoms with Crippen LogP contribution in [0.25, 0.3) is 11.3 Å².